The van der Waals surface area contributed by atoms with Crippen LogP contribution in [0.1, 0.15) is 33.7 Å². The Morgan fingerprint density at radius 3 is 2.69 bits per heavy atom. The fourth-order valence-electron chi connectivity index (χ4n) is 1.57. The molecule has 0 spiro atoms. The fraction of sp³-hybridized carbons (Fsp3) is 0.500. The monoisotopic (exact) mass is 238 g/mol. The highest BCUT2D eigenvalue weighted by Gasteiger charge is 2.18. The van der Waals surface area contributed by atoms with Gasteiger partial charge in [-0.15, -0.1) is 17.9 Å². The second-order valence-electron chi connectivity index (χ2n) is 3.69. The van der Waals surface area contributed by atoms with Gasteiger partial charge in [0, 0.05) is 13.1 Å². The third-order valence-corrected chi connectivity index (χ3v) is 3.29. The van der Waals surface area contributed by atoms with Crippen molar-refractivity contribution in [1.82, 2.24) is 9.88 Å². The van der Waals surface area contributed by atoms with Gasteiger partial charge in [-0.1, -0.05) is 13.0 Å². The molecular weight excluding hydrogens is 220 g/mol. The Morgan fingerprint density at radius 1 is 1.56 bits per heavy atom. The SMILES string of the molecule is C=CCN(CCC)C(=O)c1sc(C)nc1C. The minimum absolute atomic E-state index is 0.0739. The van der Waals surface area contributed by atoms with E-state index in [1.54, 1.807) is 6.08 Å². The van der Waals surface area contributed by atoms with Crippen LogP contribution in [0.3, 0.4) is 0 Å². The van der Waals surface area contributed by atoms with Crippen molar-refractivity contribution in [2.75, 3.05) is 13.1 Å². The van der Waals surface area contributed by atoms with Crippen LogP contribution in [-0.2, 0) is 0 Å². The van der Waals surface area contributed by atoms with Crippen molar-refractivity contribution in [3.05, 3.63) is 28.2 Å². The molecule has 4 heteroatoms. The van der Waals surface area contributed by atoms with E-state index < -0.39 is 0 Å². The zero-order valence-electron chi connectivity index (χ0n) is 10.1. The van der Waals surface area contributed by atoms with E-state index in [-0.39, 0.29) is 5.91 Å². The number of rotatable bonds is 5. The Kier molecular flexibility index (Phi) is 4.68. The predicted molar refractivity (Wildman–Crippen MR) is 68.0 cm³/mol. The first-order chi connectivity index (χ1) is 7.60. The van der Waals surface area contributed by atoms with Gasteiger partial charge in [-0.3, -0.25) is 4.79 Å². The number of aromatic nitrogens is 1. The van der Waals surface area contributed by atoms with Gasteiger partial charge in [-0.2, -0.15) is 0 Å². The summed E-state index contributed by atoms with van der Waals surface area (Å²) in [7, 11) is 0. The van der Waals surface area contributed by atoms with Crippen LogP contribution in [0.2, 0.25) is 0 Å². The Bertz CT molecular complexity index is 384. The topological polar surface area (TPSA) is 33.2 Å². The molecule has 1 rings (SSSR count). The molecule has 1 aromatic heterocycles. The molecule has 1 amide bonds. The molecule has 0 aromatic carbocycles. The maximum atomic E-state index is 12.2. The van der Waals surface area contributed by atoms with E-state index in [0.29, 0.717) is 6.54 Å². The van der Waals surface area contributed by atoms with E-state index in [0.717, 1.165) is 28.5 Å². The molecule has 0 aliphatic rings. The summed E-state index contributed by atoms with van der Waals surface area (Å²) in [4.78, 5) is 19.1. The van der Waals surface area contributed by atoms with Gasteiger partial charge in [-0.25, -0.2) is 4.98 Å². The molecule has 0 radical (unpaired) electrons. The molecule has 0 aliphatic heterocycles. The van der Waals surface area contributed by atoms with Gasteiger partial charge < -0.3 is 4.90 Å². The van der Waals surface area contributed by atoms with Crippen molar-refractivity contribution in [3.63, 3.8) is 0 Å². The van der Waals surface area contributed by atoms with Gasteiger partial charge in [-0.05, 0) is 20.3 Å². The summed E-state index contributed by atoms with van der Waals surface area (Å²) in [6, 6.07) is 0. The summed E-state index contributed by atoms with van der Waals surface area (Å²) >= 11 is 1.47. The number of carbonyl (C=O) groups excluding carboxylic acids is 1. The molecule has 0 bridgehead atoms. The number of nitrogens with zero attached hydrogens (tertiary/aromatic N) is 2. The fourth-order valence-corrected chi connectivity index (χ4v) is 2.46. The van der Waals surface area contributed by atoms with Crippen LogP contribution in [0, 0.1) is 13.8 Å². The Morgan fingerprint density at radius 2 is 2.25 bits per heavy atom. The van der Waals surface area contributed by atoms with Gasteiger partial charge >= 0.3 is 0 Å². The van der Waals surface area contributed by atoms with Crippen molar-refractivity contribution in [3.8, 4) is 0 Å². The first-order valence-electron chi connectivity index (χ1n) is 5.44. The van der Waals surface area contributed by atoms with Crippen LogP contribution >= 0.6 is 11.3 Å². The molecule has 1 heterocycles. The largest absolute Gasteiger partial charge is 0.334 e. The summed E-state index contributed by atoms with van der Waals surface area (Å²) in [5.74, 6) is 0.0739. The molecular formula is C12H18N2OS. The summed E-state index contributed by atoms with van der Waals surface area (Å²) in [5, 5.41) is 0.941. The summed E-state index contributed by atoms with van der Waals surface area (Å²) < 4.78 is 0. The molecule has 0 atom stereocenters. The number of amides is 1. The summed E-state index contributed by atoms with van der Waals surface area (Å²) in [6.45, 7) is 10.9. The Hall–Kier alpha value is -1.16. The molecule has 0 saturated heterocycles. The Labute approximate surface area is 101 Å². The maximum Gasteiger partial charge on any atom is 0.266 e. The molecule has 1 aromatic rings. The van der Waals surface area contributed by atoms with E-state index >= 15 is 0 Å². The lowest BCUT2D eigenvalue weighted by Crippen LogP contribution is -2.31. The first-order valence-corrected chi connectivity index (χ1v) is 6.26. The summed E-state index contributed by atoms with van der Waals surface area (Å²) in [5.41, 5.74) is 0.831. The van der Waals surface area contributed by atoms with E-state index in [1.165, 1.54) is 11.3 Å². The molecule has 88 valence electrons. The Balaban J connectivity index is 2.89. The second-order valence-corrected chi connectivity index (χ2v) is 4.89. The maximum absolute atomic E-state index is 12.2. The number of hydrogen-bond acceptors (Lipinski definition) is 3. The quantitative estimate of drug-likeness (QED) is 0.739. The predicted octanol–water partition coefficient (Wildman–Crippen LogP) is 2.80. The number of aryl methyl sites for hydroxylation is 2. The van der Waals surface area contributed by atoms with Gasteiger partial charge in [0.2, 0.25) is 0 Å². The van der Waals surface area contributed by atoms with Crippen LogP contribution in [0.25, 0.3) is 0 Å². The molecule has 0 unspecified atom stereocenters. The number of hydrogen-bond donors (Lipinski definition) is 0. The van der Waals surface area contributed by atoms with Crippen LogP contribution < -0.4 is 0 Å². The standard InChI is InChI=1S/C12H18N2OS/c1-5-7-14(8-6-2)12(15)11-9(3)13-10(4)16-11/h5H,1,6-8H2,2-4H3. The normalized spacial score (nSPS) is 10.2. The highest BCUT2D eigenvalue weighted by atomic mass is 32.1. The number of thiazole rings is 1. The minimum Gasteiger partial charge on any atom is -0.334 e. The molecule has 0 N–H and O–H groups in total. The third-order valence-electron chi connectivity index (χ3n) is 2.23. The van der Waals surface area contributed by atoms with Crippen molar-refractivity contribution in [1.29, 1.82) is 0 Å². The van der Waals surface area contributed by atoms with E-state index in [9.17, 15) is 4.79 Å². The van der Waals surface area contributed by atoms with E-state index in [1.807, 2.05) is 18.7 Å². The lowest BCUT2D eigenvalue weighted by molar-refractivity contribution is 0.0778. The molecule has 0 aliphatic carbocycles. The number of carbonyl (C=O) groups is 1. The average molecular weight is 238 g/mol. The highest BCUT2D eigenvalue weighted by molar-refractivity contribution is 7.13. The van der Waals surface area contributed by atoms with Gasteiger partial charge in [0.1, 0.15) is 4.88 Å². The molecule has 0 fully saturated rings. The highest BCUT2D eigenvalue weighted by Crippen LogP contribution is 2.19. The lowest BCUT2D eigenvalue weighted by Gasteiger charge is -2.19. The van der Waals surface area contributed by atoms with E-state index in [2.05, 4.69) is 18.5 Å². The average Bonchev–Trinajstić information content (AvgIpc) is 2.56. The van der Waals surface area contributed by atoms with Gasteiger partial charge in [0.25, 0.3) is 5.91 Å². The van der Waals surface area contributed by atoms with Crippen LogP contribution in [-0.4, -0.2) is 28.9 Å². The third kappa shape index (κ3) is 2.92. The van der Waals surface area contributed by atoms with Crippen molar-refractivity contribution < 1.29 is 4.79 Å². The smallest absolute Gasteiger partial charge is 0.266 e. The lowest BCUT2D eigenvalue weighted by atomic mass is 10.3. The molecule has 3 nitrogen and oxygen atoms in total. The zero-order chi connectivity index (χ0) is 12.1. The van der Waals surface area contributed by atoms with Crippen molar-refractivity contribution in [2.24, 2.45) is 0 Å². The van der Waals surface area contributed by atoms with Crippen LogP contribution in [0.4, 0.5) is 0 Å². The molecule has 0 saturated carbocycles. The van der Waals surface area contributed by atoms with Crippen molar-refractivity contribution >= 4 is 17.2 Å². The van der Waals surface area contributed by atoms with Crippen molar-refractivity contribution in [2.45, 2.75) is 27.2 Å². The zero-order valence-corrected chi connectivity index (χ0v) is 10.9. The summed E-state index contributed by atoms with van der Waals surface area (Å²) in [6.07, 6.45) is 2.72. The van der Waals surface area contributed by atoms with E-state index in [4.69, 9.17) is 0 Å². The van der Waals surface area contributed by atoms with Crippen LogP contribution in [0.5, 0.6) is 0 Å². The first kappa shape index (κ1) is 12.9. The molecule has 16 heavy (non-hydrogen) atoms. The van der Waals surface area contributed by atoms with Gasteiger partial charge in [0.05, 0.1) is 10.7 Å². The second kappa shape index (κ2) is 5.80. The minimum atomic E-state index is 0.0739. The van der Waals surface area contributed by atoms with Gasteiger partial charge in [0.15, 0.2) is 0 Å². The van der Waals surface area contributed by atoms with Crippen LogP contribution in [0.15, 0.2) is 12.7 Å².